The van der Waals surface area contributed by atoms with E-state index in [9.17, 15) is 9.59 Å². The zero-order valence-corrected chi connectivity index (χ0v) is 16.8. The number of amides is 1. The van der Waals surface area contributed by atoms with Crippen molar-refractivity contribution in [2.75, 3.05) is 5.32 Å². The molecule has 0 radical (unpaired) electrons. The molecule has 0 saturated carbocycles. The van der Waals surface area contributed by atoms with Crippen molar-refractivity contribution in [1.82, 2.24) is 9.97 Å². The van der Waals surface area contributed by atoms with E-state index in [1.807, 2.05) is 56.3 Å². The van der Waals surface area contributed by atoms with Gasteiger partial charge in [-0.15, -0.1) is 0 Å². The smallest absolute Gasteiger partial charge is 0.255 e. The molecule has 0 aliphatic heterocycles. The number of hydrogen-bond acceptors (Lipinski definition) is 3. The Labute approximate surface area is 174 Å². The molecule has 0 aliphatic rings. The van der Waals surface area contributed by atoms with Crippen LogP contribution in [0.3, 0.4) is 0 Å². The third-order valence-corrected chi connectivity index (χ3v) is 4.94. The van der Waals surface area contributed by atoms with Gasteiger partial charge in [-0.3, -0.25) is 9.59 Å². The van der Waals surface area contributed by atoms with E-state index < -0.39 is 0 Å². The molecule has 0 spiro atoms. The number of rotatable bonds is 5. The van der Waals surface area contributed by atoms with Crippen LogP contribution >= 0.6 is 0 Å². The molecule has 30 heavy (non-hydrogen) atoms. The van der Waals surface area contributed by atoms with Crippen LogP contribution in [-0.4, -0.2) is 21.7 Å². The van der Waals surface area contributed by atoms with Gasteiger partial charge in [-0.05, 0) is 60.9 Å². The Kier molecular flexibility index (Phi) is 5.26. The van der Waals surface area contributed by atoms with Crippen molar-refractivity contribution in [3.8, 4) is 0 Å². The molecule has 0 aliphatic carbocycles. The van der Waals surface area contributed by atoms with E-state index in [0.29, 0.717) is 11.4 Å². The fourth-order valence-corrected chi connectivity index (χ4v) is 3.20. The van der Waals surface area contributed by atoms with Gasteiger partial charge in [0.25, 0.3) is 5.91 Å². The number of imidazole rings is 1. The van der Waals surface area contributed by atoms with Crippen molar-refractivity contribution in [3.05, 3.63) is 101 Å². The number of nitrogens with one attached hydrogen (secondary N) is 2. The highest BCUT2D eigenvalue weighted by Crippen LogP contribution is 2.17. The quantitative estimate of drug-likeness (QED) is 0.354. The minimum atomic E-state index is -0.202. The Morgan fingerprint density at radius 2 is 1.63 bits per heavy atom. The van der Waals surface area contributed by atoms with Crippen LogP contribution in [0.15, 0.2) is 72.8 Å². The Hall–Kier alpha value is -3.99. The van der Waals surface area contributed by atoms with Crippen molar-refractivity contribution in [2.24, 2.45) is 0 Å². The number of anilines is 1. The summed E-state index contributed by atoms with van der Waals surface area (Å²) in [6.07, 6.45) is 3.20. The fourth-order valence-electron chi connectivity index (χ4n) is 3.20. The summed E-state index contributed by atoms with van der Waals surface area (Å²) < 4.78 is 0. The Bertz CT molecular complexity index is 1270. The zero-order valence-electron chi connectivity index (χ0n) is 16.8. The molecule has 5 nitrogen and oxygen atoms in total. The van der Waals surface area contributed by atoms with Crippen molar-refractivity contribution >= 4 is 34.5 Å². The molecule has 4 aromatic rings. The summed E-state index contributed by atoms with van der Waals surface area (Å²) in [5.41, 5.74) is 5.83. The molecular weight excluding hydrogens is 374 g/mol. The third-order valence-electron chi connectivity index (χ3n) is 4.94. The molecule has 1 heterocycles. The molecule has 1 amide bonds. The number of ketones is 1. The number of aromatic amines is 1. The van der Waals surface area contributed by atoms with Crippen molar-refractivity contribution in [1.29, 1.82) is 0 Å². The minimum absolute atomic E-state index is 0.173. The number of aromatic nitrogens is 2. The maximum Gasteiger partial charge on any atom is 0.255 e. The average molecular weight is 395 g/mol. The van der Waals surface area contributed by atoms with Crippen LogP contribution in [0.5, 0.6) is 0 Å². The second-order valence-electron chi connectivity index (χ2n) is 7.15. The van der Waals surface area contributed by atoms with Gasteiger partial charge in [0.1, 0.15) is 0 Å². The number of carbonyl (C=O) groups excluding carboxylic acids is 2. The molecule has 0 atom stereocenters. The predicted octanol–water partition coefficient (Wildman–Crippen LogP) is 5.33. The molecule has 0 bridgehead atoms. The van der Waals surface area contributed by atoms with E-state index in [2.05, 4.69) is 15.3 Å². The molecular formula is C25H21N3O2. The lowest BCUT2D eigenvalue weighted by Gasteiger charge is -2.08. The normalized spacial score (nSPS) is 11.1. The number of aryl methyl sites for hydroxylation is 2. The molecule has 5 heteroatoms. The van der Waals surface area contributed by atoms with Crippen LogP contribution in [0, 0.1) is 13.8 Å². The first-order valence-electron chi connectivity index (χ1n) is 9.66. The first-order valence-corrected chi connectivity index (χ1v) is 9.66. The Balaban J connectivity index is 1.45. The molecule has 4 rings (SSSR count). The largest absolute Gasteiger partial charge is 0.335 e. The van der Waals surface area contributed by atoms with Crippen LogP contribution in [0.2, 0.25) is 0 Å². The summed E-state index contributed by atoms with van der Waals surface area (Å²) in [5, 5.41) is 2.91. The Morgan fingerprint density at radius 1 is 0.900 bits per heavy atom. The van der Waals surface area contributed by atoms with Crippen LogP contribution in [-0.2, 0) is 0 Å². The van der Waals surface area contributed by atoms with E-state index in [1.54, 1.807) is 30.3 Å². The SMILES string of the molecule is Cc1ccccc1NC(=O)c1ccc(C=CC(=O)c2nc3c(C)cccc3[nH]2)cc1. The molecule has 0 fully saturated rings. The average Bonchev–Trinajstić information content (AvgIpc) is 3.20. The van der Waals surface area contributed by atoms with Gasteiger partial charge in [-0.25, -0.2) is 4.98 Å². The van der Waals surface area contributed by atoms with Crippen LogP contribution in [0.1, 0.15) is 37.7 Å². The minimum Gasteiger partial charge on any atom is -0.335 e. The van der Waals surface area contributed by atoms with E-state index in [0.717, 1.165) is 33.4 Å². The number of H-pyrrole nitrogens is 1. The molecule has 0 unspecified atom stereocenters. The number of allylic oxidation sites excluding steroid dienone is 1. The highest BCUT2D eigenvalue weighted by Gasteiger charge is 2.10. The zero-order chi connectivity index (χ0) is 21.1. The maximum atomic E-state index is 12.5. The lowest BCUT2D eigenvalue weighted by molar-refractivity contribution is 0.102. The van der Waals surface area contributed by atoms with Gasteiger partial charge in [0, 0.05) is 11.3 Å². The number of para-hydroxylation sites is 2. The lowest BCUT2D eigenvalue weighted by Crippen LogP contribution is -2.12. The van der Waals surface area contributed by atoms with E-state index in [4.69, 9.17) is 0 Å². The van der Waals surface area contributed by atoms with Crippen molar-refractivity contribution in [2.45, 2.75) is 13.8 Å². The Morgan fingerprint density at radius 3 is 2.37 bits per heavy atom. The molecule has 0 saturated heterocycles. The number of fused-ring (bicyclic) bond motifs is 1. The highest BCUT2D eigenvalue weighted by atomic mass is 16.1. The predicted molar refractivity (Wildman–Crippen MR) is 120 cm³/mol. The molecule has 1 aromatic heterocycles. The second-order valence-corrected chi connectivity index (χ2v) is 7.15. The van der Waals surface area contributed by atoms with E-state index >= 15 is 0 Å². The van der Waals surface area contributed by atoms with Gasteiger partial charge >= 0.3 is 0 Å². The van der Waals surface area contributed by atoms with Crippen molar-refractivity contribution < 1.29 is 9.59 Å². The first-order chi connectivity index (χ1) is 14.5. The lowest BCUT2D eigenvalue weighted by atomic mass is 10.1. The summed E-state index contributed by atoms with van der Waals surface area (Å²) in [4.78, 5) is 32.4. The summed E-state index contributed by atoms with van der Waals surface area (Å²) >= 11 is 0. The maximum absolute atomic E-state index is 12.5. The first kappa shape index (κ1) is 19.3. The van der Waals surface area contributed by atoms with Gasteiger partial charge < -0.3 is 10.3 Å². The number of nitrogens with zero attached hydrogens (tertiary/aromatic N) is 1. The van der Waals surface area contributed by atoms with Gasteiger partial charge in [0.15, 0.2) is 5.82 Å². The number of hydrogen-bond donors (Lipinski definition) is 2. The van der Waals surface area contributed by atoms with Crippen LogP contribution in [0.4, 0.5) is 5.69 Å². The van der Waals surface area contributed by atoms with Gasteiger partial charge in [-0.1, -0.05) is 48.5 Å². The third kappa shape index (κ3) is 4.05. The highest BCUT2D eigenvalue weighted by molar-refractivity contribution is 6.06. The van der Waals surface area contributed by atoms with Gasteiger partial charge in [0.05, 0.1) is 11.0 Å². The van der Waals surface area contributed by atoms with Crippen LogP contribution in [0.25, 0.3) is 17.1 Å². The second kappa shape index (κ2) is 8.17. The summed E-state index contributed by atoms with van der Waals surface area (Å²) in [6.45, 7) is 3.91. The number of carbonyl (C=O) groups is 2. The number of benzene rings is 3. The monoisotopic (exact) mass is 395 g/mol. The summed E-state index contributed by atoms with van der Waals surface area (Å²) in [5.74, 6) is -0.0645. The van der Waals surface area contributed by atoms with Crippen molar-refractivity contribution in [3.63, 3.8) is 0 Å². The van der Waals surface area contributed by atoms with E-state index in [1.165, 1.54) is 6.08 Å². The van der Waals surface area contributed by atoms with Gasteiger partial charge in [0.2, 0.25) is 5.78 Å². The summed E-state index contributed by atoms with van der Waals surface area (Å²) in [7, 11) is 0. The molecule has 2 N–H and O–H groups in total. The van der Waals surface area contributed by atoms with Gasteiger partial charge in [-0.2, -0.15) is 0 Å². The summed E-state index contributed by atoms with van der Waals surface area (Å²) in [6, 6.07) is 20.5. The van der Waals surface area contributed by atoms with Crippen LogP contribution < -0.4 is 5.32 Å². The standard InChI is InChI=1S/C25H21N3O2/c1-16-6-3-4-8-20(16)27-25(30)19-13-10-18(11-14-19)12-15-22(29)24-26-21-9-5-7-17(2)23(21)28-24/h3-15H,1-2H3,(H,26,28)(H,27,30). The topological polar surface area (TPSA) is 74.8 Å². The fraction of sp³-hybridized carbons (Fsp3) is 0.0800. The van der Waals surface area contributed by atoms with E-state index in [-0.39, 0.29) is 11.7 Å². The molecule has 148 valence electrons. The molecule has 3 aromatic carbocycles.